The molecule has 0 N–H and O–H groups in total. The molecule has 0 saturated heterocycles. The van der Waals surface area contributed by atoms with Crippen molar-refractivity contribution < 1.29 is 4.39 Å². The fourth-order valence-electron chi connectivity index (χ4n) is 1.68. The van der Waals surface area contributed by atoms with Crippen LogP contribution >= 0.6 is 23.2 Å². The average molecular weight is 263 g/mol. The molecule has 0 radical (unpaired) electrons. The van der Waals surface area contributed by atoms with Gasteiger partial charge in [-0.05, 0) is 48.9 Å². The van der Waals surface area contributed by atoms with Crippen molar-refractivity contribution in [1.29, 1.82) is 0 Å². The first kappa shape index (κ1) is 13.8. The fourth-order valence-corrected chi connectivity index (χ4v) is 2.35. The highest BCUT2D eigenvalue weighted by molar-refractivity contribution is 6.31. The zero-order valence-corrected chi connectivity index (χ0v) is 11.2. The summed E-state index contributed by atoms with van der Waals surface area (Å²) in [4.78, 5) is 0. The van der Waals surface area contributed by atoms with Crippen LogP contribution in [0.15, 0.2) is 18.2 Å². The molecule has 3 heteroatoms. The summed E-state index contributed by atoms with van der Waals surface area (Å²) >= 11 is 12.2. The summed E-state index contributed by atoms with van der Waals surface area (Å²) in [5, 5.41) is 0.758. The summed E-state index contributed by atoms with van der Waals surface area (Å²) in [6.45, 7) is 4.29. The van der Waals surface area contributed by atoms with E-state index in [9.17, 15) is 4.39 Å². The van der Waals surface area contributed by atoms with Crippen LogP contribution in [0.5, 0.6) is 0 Å². The number of benzene rings is 1. The quantitative estimate of drug-likeness (QED) is 0.651. The van der Waals surface area contributed by atoms with Crippen molar-refractivity contribution in [3.63, 3.8) is 0 Å². The minimum atomic E-state index is -0.241. The van der Waals surface area contributed by atoms with Gasteiger partial charge in [-0.25, -0.2) is 4.39 Å². The van der Waals surface area contributed by atoms with Crippen LogP contribution in [0.25, 0.3) is 0 Å². The molecule has 0 amide bonds. The molecular formula is C13H17Cl2F. The van der Waals surface area contributed by atoms with Gasteiger partial charge < -0.3 is 0 Å². The molecule has 0 aliphatic carbocycles. The summed E-state index contributed by atoms with van der Waals surface area (Å²) in [5.74, 6) is 0.347. The van der Waals surface area contributed by atoms with E-state index in [1.54, 1.807) is 6.07 Å². The molecule has 1 rings (SSSR count). The Bertz CT molecular complexity index is 337. The van der Waals surface area contributed by atoms with Crippen molar-refractivity contribution >= 4 is 23.2 Å². The number of aryl methyl sites for hydroxylation is 1. The van der Waals surface area contributed by atoms with Crippen LogP contribution in [0.3, 0.4) is 0 Å². The summed E-state index contributed by atoms with van der Waals surface area (Å²) < 4.78 is 13.0. The van der Waals surface area contributed by atoms with E-state index in [1.807, 2.05) is 0 Å². The number of hydrogen-bond acceptors (Lipinski definition) is 0. The Morgan fingerprint density at radius 2 is 2.00 bits per heavy atom. The van der Waals surface area contributed by atoms with Gasteiger partial charge in [-0.2, -0.15) is 0 Å². The standard InChI is InChI=1S/C13H17Cl2F/c1-9(2)7-11(14)4-3-10-8-12(16)5-6-13(10)15/h5-6,8-9,11H,3-4,7H2,1-2H3. The van der Waals surface area contributed by atoms with Crippen molar-refractivity contribution in [3.05, 3.63) is 34.6 Å². The van der Waals surface area contributed by atoms with Gasteiger partial charge in [0.25, 0.3) is 0 Å². The van der Waals surface area contributed by atoms with Crippen molar-refractivity contribution in [3.8, 4) is 0 Å². The van der Waals surface area contributed by atoms with Crippen LogP contribution < -0.4 is 0 Å². The second-order valence-electron chi connectivity index (χ2n) is 4.50. The Kier molecular flexibility index (Phi) is 5.57. The molecule has 1 aromatic carbocycles. The summed E-state index contributed by atoms with van der Waals surface area (Å²) in [7, 11) is 0. The zero-order chi connectivity index (χ0) is 12.1. The average Bonchev–Trinajstić information content (AvgIpc) is 2.18. The van der Waals surface area contributed by atoms with Gasteiger partial charge in [0.1, 0.15) is 5.82 Å². The van der Waals surface area contributed by atoms with Gasteiger partial charge in [0.2, 0.25) is 0 Å². The lowest BCUT2D eigenvalue weighted by Gasteiger charge is -2.12. The maximum Gasteiger partial charge on any atom is 0.123 e. The molecule has 0 aromatic heterocycles. The largest absolute Gasteiger partial charge is 0.207 e. The maximum absolute atomic E-state index is 13.0. The molecule has 0 aliphatic rings. The minimum Gasteiger partial charge on any atom is -0.207 e. The third-order valence-electron chi connectivity index (χ3n) is 2.46. The van der Waals surface area contributed by atoms with Crippen molar-refractivity contribution in [1.82, 2.24) is 0 Å². The van der Waals surface area contributed by atoms with E-state index in [1.165, 1.54) is 12.1 Å². The van der Waals surface area contributed by atoms with Gasteiger partial charge in [-0.15, -0.1) is 11.6 Å². The van der Waals surface area contributed by atoms with Crippen LogP contribution in [0.4, 0.5) is 4.39 Å². The number of alkyl halides is 1. The second kappa shape index (κ2) is 6.46. The van der Waals surface area contributed by atoms with E-state index in [0.717, 1.165) is 24.8 Å². The Hall–Kier alpha value is -0.270. The zero-order valence-electron chi connectivity index (χ0n) is 9.64. The number of halogens is 3. The number of hydrogen-bond donors (Lipinski definition) is 0. The molecule has 0 heterocycles. The van der Waals surface area contributed by atoms with Crippen molar-refractivity contribution in [2.75, 3.05) is 0 Å². The van der Waals surface area contributed by atoms with E-state index >= 15 is 0 Å². The first-order valence-corrected chi connectivity index (χ1v) is 6.38. The normalized spacial score (nSPS) is 13.1. The van der Waals surface area contributed by atoms with E-state index < -0.39 is 0 Å². The van der Waals surface area contributed by atoms with Gasteiger partial charge in [-0.1, -0.05) is 25.4 Å². The van der Waals surface area contributed by atoms with E-state index in [4.69, 9.17) is 23.2 Å². The molecule has 0 fully saturated rings. The van der Waals surface area contributed by atoms with Gasteiger partial charge in [0, 0.05) is 10.4 Å². The molecule has 0 spiro atoms. The summed E-state index contributed by atoms with van der Waals surface area (Å²) in [5.41, 5.74) is 0.844. The van der Waals surface area contributed by atoms with Crippen LogP contribution in [0, 0.1) is 11.7 Å². The number of rotatable bonds is 5. The molecule has 90 valence electrons. The van der Waals surface area contributed by atoms with Crippen LogP contribution in [0.1, 0.15) is 32.3 Å². The Morgan fingerprint density at radius 1 is 1.31 bits per heavy atom. The predicted octanol–water partition coefficient (Wildman–Crippen LogP) is 5.07. The monoisotopic (exact) mass is 262 g/mol. The molecule has 0 aliphatic heterocycles. The highest BCUT2D eigenvalue weighted by Gasteiger charge is 2.09. The highest BCUT2D eigenvalue weighted by Crippen LogP contribution is 2.22. The molecule has 1 aromatic rings. The highest BCUT2D eigenvalue weighted by atomic mass is 35.5. The lowest BCUT2D eigenvalue weighted by molar-refractivity contribution is 0.543. The van der Waals surface area contributed by atoms with E-state index in [0.29, 0.717) is 10.9 Å². The smallest absolute Gasteiger partial charge is 0.123 e. The second-order valence-corrected chi connectivity index (χ2v) is 5.53. The third-order valence-corrected chi connectivity index (χ3v) is 3.23. The van der Waals surface area contributed by atoms with Gasteiger partial charge in [0.05, 0.1) is 0 Å². The molecular weight excluding hydrogens is 246 g/mol. The molecule has 1 atom stereocenters. The summed E-state index contributed by atoms with van der Waals surface area (Å²) in [6.07, 6.45) is 2.55. The first-order chi connectivity index (χ1) is 7.49. The van der Waals surface area contributed by atoms with Crippen LogP contribution in [0.2, 0.25) is 5.02 Å². The Labute approximate surface area is 107 Å². The minimum absolute atomic E-state index is 0.138. The lowest BCUT2D eigenvalue weighted by Crippen LogP contribution is -2.05. The fraction of sp³-hybridized carbons (Fsp3) is 0.538. The molecule has 16 heavy (non-hydrogen) atoms. The van der Waals surface area contributed by atoms with Crippen LogP contribution in [-0.2, 0) is 6.42 Å². The topological polar surface area (TPSA) is 0 Å². The summed E-state index contributed by atoms with van der Waals surface area (Å²) in [6, 6.07) is 4.46. The molecule has 0 bridgehead atoms. The predicted molar refractivity (Wildman–Crippen MR) is 68.8 cm³/mol. The third kappa shape index (κ3) is 4.71. The SMILES string of the molecule is CC(C)CC(Cl)CCc1cc(F)ccc1Cl. The Balaban J connectivity index is 2.51. The van der Waals surface area contributed by atoms with Crippen LogP contribution in [-0.4, -0.2) is 5.38 Å². The molecule has 1 unspecified atom stereocenters. The molecule has 0 saturated carbocycles. The van der Waals surface area contributed by atoms with Crippen molar-refractivity contribution in [2.24, 2.45) is 5.92 Å². The van der Waals surface area contributed by atoms with Crippen molar-refractivity contribution in [2.45, 2.75) is 38.5 Å². The molecule has 0 nitrogen and oxygen atoms in total. The first-order valence-electron chi connectivity index (χ1n) is 5.57. The van der Waals surface area contributed by atoms with Gasteiger partial charge >= 0.3 is 0 Å². The van der Waals surface area contributed by atoms with E-state index in [-0.39, 0.29) is 11.2 Å². The Morgan fingerprint density at radius 3 is 2.62 bits per heavy atom. The maximum atomic E-state index is 13.0. The van der Waals surface area contributed by atoms with Gasteiger partial charge in [-0.3, -0.25) is 0 Å². The lowest BCUT2D eigenvalue weighted by atomic mass is 10.0. The van der Waals surface area contributed by atoms with Gasteiger partial charge in [0.15, 0.2) is 0 Å². The van der Waals surface area contributed by atoms with E-state index in [2.05, 4.69) is 13.8 Å².